The summed E-state index contributed by atoms with van der Waals surface area (Å²) in [6.07, 6.45) is 2.42. The fraction of sp³-hybridized carbons (Fsp3) is 0.571. The molecule has 0 aliphatic carbocycles. The molecule has 0 fully saturated rings. The lowest BCUT2D eigenvalue weighted by atomic mass is 10.1. The smallest absolute Gasteiger partial charge is 0.123 e. The molecule has 16 heavy (non-hydrogen) atoms. The fourth-order valence-electron chi connectivity index (χ4n) is 1.72. The first kappa shape index (κ1) is 13.2. The second-order valence-electron chi connectivity index (χ2n) is 4.77. The van der Waals surface area contributed by atoms with Gasteiger partial charge in [0.2, 0.25) is 0 Å². The Morgan fingerprint density at radius 3 is 2.62 bits per heavy atom. The molecule has 0 heterocycles. The van der Waals surface area contributed by atoms with Crippen molar-refractivity contribution in [3.8, 4) is 0 Å². The quantitative estimate of drug-likeness (QED) is 0.721. The predicted octanol–water partition coefficient (Wildman–Crippen LogP) is 3.91. The van der Waals surface area contributed by atoms with E-state index in [1.807, 2.05) is 6.07 Å². The lowest BCUT2D eigenvalue weighted by molar-refractivity contribution is 0.496. The molecule has 0 amide bonds. The van der Waals surface area contributed by atoms with Crippen molar-refractivity contribution in [1.82, 2.24) is 5.32 Å². The molecule has 0 saturated carbocycles. The first-order valence-corrected chi connectivity index (χ1v) is 6.08. The van der Waals surface area contributed by atoms with Crippen LogP contribution in [0.3, 0.4) is 0 Å². The Labute approximate surface area is 98.1 Å². The highest BCUT2D eigenvalue weighted by Gasteiger charge is 2.05. The van der Waals surface area contributed by atoms with E-state index >= 15 is 0 Å². The summed E-state index contributed by atoms with van der Waals surface area (Å²) in [5.74, 6) is 0.597. The number of halogens is 1. The molecule has 1 rings (SSSR count). The van der Waals surface area contributed by atoms with Crippen molar-refractivity contribution in [1.29, 1.82) is 0 Å². The maximum Gasteiger partial charge on any atom is 0.123 e. The summed E-state index contributed by atoms with van der Waals surface area (Å²) in [7, 11) is 0. The molecule has 0 bridgehead atoms. The predicted molar refractivity (Wildman–Crippen MR) is 66.9 cm³/mol. The van der Waals surface area contributed by atoms with E-state index in [9.17, 15) is 4.39 Å². The van der Waals surface area contributed by atoms with Crippen LogP contribution in [-0.4, -0.2) is 6.54 Å². The van der Waals surface area contributed by atoms with Gasteiger partial charge in [-0.25, -0.2) is 4.39 Å². The molecule has 1 N–H and O–H groups in total. The van der Waals surface area contributed by atoms with Crippen LogP contribution in [0.5, 0.6) is 0 Å². The van der Waals surface area contributed by atoms with E-state index in [2.05, 4.69) is 26.1 Å². The van der Waals surface area contributed by atoms with Crippen molar-refractivity contribution < 1.29 is 4.39 Å². The van der Waals surface area contributed by atoms with Gasteiger partial charge in [0.1, 0.15) is 5.82 Å². The number of hydrogen-bond acceptors (Lipinski definition) is 1. The van der Waals surface area contributed by atoms with E-state index in [1.165, 1.54) is 18.9 Å². The van der Waals surface area contributed by atoms with Crippen molar-refractivity contribution in [3.05, 3.63) is 35.6 Å². The molecule has 1 atom stereocenters. The van der Waals surface area contributed by atoms with Crippen molar-refractivity contribution in [2.75, 3.05) is 6.54 Å². The molecule has 0 spiro atoms. The van der Waals surface area contributed by atoms with E-state index in [0.717, 1.165) is 18.0 Å². The Balaban J connectivity index is 2.32. The second kappa shape index (κ2) is 6.64. The van der Waals surface area contributed by atoms with Gasteiger partial charge in [0.25, 0.3) is 0 Å². The minimum absolute atomic E-state index is 0.159. The average molecular weight is 223 g/mol. The third-order valence-electron chi connectivity index (χ3n) is 2.76. The zero-order valence-electron chi connectivity index (χ0n) is 10.5. The maximum atomic E-state index is 13.0. The molecule has 1 aromatic rings. The van der Waals surface area contributed by atoms with Crippen molar-refractivity contribution in [3.63, 3.8) is 0 Å². The first-order valence-electron chi connectivity index (χ1n) is 6.08. The third kappa shape index (κ3) is 4.75. The molecule has 0 aliphatic heterocycles. The molecule has 0 saturated heterocycles. The molecular formula is C14H22FN. The highest BCUT2D eigenvalue weighted by Crippen LogP contribution is 2.13. The van der Waals surface area contributed by atoms with Crippen LogP contribution in [0.1, 0.15) is 45.2 Å². The second-order valence-corrected chi connectivity index (χ2v) is 4.77. The van der Waals surface area contributed by atoms with Crippen LogP contribution in [0.25, 0.3) is 0 Å². The average Bonchev–Trinajstić information content (AvgIpc) is 2.24. The first-order chi connectivity index (χ1) is 7.59. The van der Waals surface area contributed by atoms with Gasteiger partial charge in [-0.1, -0.05) is 26.0 Å². The van der Waals surface area contributed by atoms with Gasteiger partial charge >= 0.3 is 0 Å². The topological polar surface area (TPSA) is 12.0 Å². The van der Waals surface area contributed by atoms with Crippen LogP contribution in [0.15, 0.2) is 24.3 Å². The van der Waals surface area contributed by atoms with Gasteiger partial charge in [-0.2, -0.15) is 0 Å². The molecular weight excluding hydrogens is 201 g/mol. The summed E-state index contributed by atoms with van der Waals surface area (Å²) < 4.78 is 13.0. The highest BCUT2D eigenvalue weighted by molar-refractivity contribution is 5.19. The molecule has 2 heteroatoms. The van der Waals surface area contributed by atoms with Gasteiger partial charge in [-0.3, -0.25) is 0 Å². The molecule has 1 unspecified atom stereocenters. The Morgan fingerprint density at radius 2 is 2.00 bits per heavy atom. The van der Waals surface area contributed by atoms with Crippen molar-refractivity contribution in [2.24, 2.45) is 5.92 Å². The van der Waals surface area contributed by atoms with Crippen LogP contribution < -0.4 is 5.32 Å². The Hall–Kier alpha value is -0.890. The molecule has 90 valence electrons. The SMILES string of the molecule is CC(C)CCCNC(C)c1cccc(F)c1. The van der Waals surface area contributed by atoms with Crippen LogP contribution >= 0.6 is 0 Å². The van der Waals surface area contributed by atoms with E-state index in [4.69, 9.17) is 0 Å². The van der Waals surface area contributed by atoms with Crippen molar-refractivity contribution in [2.45, 2.75) is 39.7 Å². The number of rotatable bonds is 6. The summed E-state index contributed by atoms with van der Waals surface area (Å²) in [6, 6.07) is 7.03. The largest absolute Gasteiger partial charge is 0.310 e. The fourth-order valence-corrected chi connectivity index (χ4v) is 1.72. The zero-order valence-corrected chi connectivity index (χ0v) is 10.5. The van der Waals surface area contributed by atoms with E-state index in [0.29, 0.717) is 0 Å². The van der Waals surface area contributed by atoms with Gasteiger partial charge in [0.05, 0.1) is 0 Å². The summed E-state index contributed by atoms with van der Waals surface area (Å²) in [5, 5.41) is 3.41. The van der Waals surface area contributed by atoms with Gasteiger partial charge < -0.3 is 5.32 Å². The van der Waals surface area contributed by atoms with Crippen molar-refractivity contribution >= 4 is 0 Å². The van der Waals surface area contributed by atoms with Crippen LogP contribution in [-0.2, 0) is 0 Å². The molecule has 1 aromatic carbocycles. The number of nitrogens with one attached hydrogen (secondary N) is 1. The number of benzene rings is 1. The summed E-state index contributed by atoms with van der Waals surface area (Å²) >= 11 is 0. The van der Waals surface area contributed by atoms with Crippen LogP contribution in [0, 0.1) is 11.7 Å². The summed E-state index contributed by atoms with van der Waals surface area (Å²) in [4.78, 5) is 0. The minimum Gasteiger partial charge on any atom is -0.310 e. The summed E-state index contributed by atoms with van der Waals surface area (Å²) in [5.41, 5.74) is 1.02. The Kier molecular flexibility index (Phi) is 5.47. The molecule has 1 nitrogen and oxygen atoms in total. The van der Waals surface area contributed by atoms with Crippen LogP contribution in [0.2, 0.25) is 0 Å². The molecule has 0 radical (unpaired) electrons. The van der Waals surface area contributed by atoms with E-state index < -0.39 is 0 Å². The third-order valence-corrected chi connectivity index (χ3v) is 2.76. The minimum atomic E-state index is -0.159. The Bertz CT molecular complexity index is 309. The lowest BCUT2D eigenvalue weighted by Crippen LogP contribution is -2.20. The lowest BCUT2D eigenvalue weighted by Gasteiger charge is -2.14. The van der Waals surface area contributed by atoms with E-state index in [-0.39, 0.29) is 11.9 Å². The van der Waals surface area contributed by atoms with Gasteiger partial charge in [0.15, 0.2) is 0 Å². The monoisotopic (exact) mass is 223 g/mol. The standard InChI is InChI=1S/C14H22FN/c1-11(2)6-5-9-16-12(3)13-7-4-8-14(15)10-13/h4,7-8,10-12,16H,5-6,9H2,1-3H3. The normalized spacial score (nSPS) is 13.1. The Morgan fingerprint density at radius 1 is 1.25 bits per heavy atom. The summed E-state index contributed by atoms with van der Waals surface area (Å²) in [6.45, 7) is 7.53. The number of hydrogen-bond donors (Lipinski definition) is 1. The zero-order chi connectivity index (χ0) is 12.0. The highest BCUT2D eigenvalue weighted by atomic mass is 19.1. The van der Waals surface area contributed by atoms with Gasteiger partial charge in [0, 0.05) is 6.04 Å². The van der Waals surface area contributed by atoms with Crippen LogP contribution in [0.4, 0.5) is 4.39 Å². The van der Waals surface area contributed by atoms with Gasteiger partial charge in [-0.05, 0) is 49.9 Å². The molecule has 0 aliphatic rings. The van der Waals surface area contributed by atoms with E-state index in [1.54, 1.807) is 12.1 Å². The maximum absolute atomic E-state index is 13.0. The van der Waals surface area contributed by atoms with Gasteiger partial charge in [-0.15, -0.1) is 0 Å². The molecule has 0 aromatic heterocycles.